The first kappa shape index (κ1) is 4.02. The van der Waals surface area contributed by atoms with Crippen LogP contribution in [0.1, 0.15) is 6.42 Å². The Bertz CT molecular complexity index is 48.8. The van der Waals surface area contributed by atoms with Crippen molar-refractivity contribution in [2.45, 2.75) is 12.7 Å². The van der Waals surface area contributed by atoms with Gasteiger partial charge >= 0.3 is 0 Å². The zero-order valence-electron chi connectivity index (χ0n) is 3.39. The van der Waals surface area contributed by atoms with Crippen LogP contribution in [0.25, 0.3) is 0 Å². The molecule has 0 aliphatic carbocycles. The van der Waals surface area contributed by atoms with Gasteiger partial charge in [-0.2, -0.15) is 0 Å². The van der Waals surface area contributed by atoms with Gasteiger partial charge < -0.3 is 0 Å². The summed E-state index contributed by atoms with van der Waals surface area (Å²) in [5.41, 5.74) is 0. The molecule has 2 N–H and O–H groups in total. The lowest BCUT2D eigenvalue weighted by Gasteiger charge is -2.29. The average Bonchev–Trinajstić information content (AvgIpc) is 1.61. The van der Waals surface area contributed by atoms with E-state index in [1.807, 2.05) is 0 Å². The van der Waals surface area contributed by atoms with Crippen LogP contribution in [-0.4, -0.2) is 17.8 Å². The summed E-state index contributed by atoms with van der Waals surface area (Å²) in [6, 6.07) is 0. The van der Waals surface area contributed by atoms with Crippen molar-refractivity contribution in [2.75, 3.05) is 6.54 Å². The highest BCUT2D eigenvalue weighted by atomic mass is 19.1. The fraction of sp³-hybridized carbons (Fsp3) is 1.00. The third-order valence-electron chi connectivity index (χ3n) is 0.985. The maximum Gasteiger partial charge on any atom is 0.166 e. The van der Waals surface area contributed by atoms with E-state index in [2.05, 4.69) is 0 Å². The van der Waals surface area contributed by atoms with Gasteiger partial charge in [0.05, 0.1) is 0 Å². The van der Waals surface area contributed by atoms with Crippen LogP contribution in [0.4, 0.5) is 4.39 Å². The summed E-state index contributed by atoms with van der Waals surface area (Å²) in [5.74, 6) is 4.98. The van der Waals surface area contributed by atoms with Crippen LogP contribution in [0.2, 0.25) is 0 Å². The molecule has 0 bridgehead atoms. The maximum absolute atomic E-state index is 11.7. The van der Waals surface area contributed by atoms with Gasteiger partial charge in [-0.05, 0) is 0 Å². The Labute approximate surface area is 35.7 Å². The van der Waals surface area contributed by atoms with Crippen molar-refractivity contribution in [1.29, 1.82) is 0 Å². The molecule has 3 heteroatoms. The summed E-state index contributed by atoms with van der Waals surface area (Å²) in [4.78, 5) is 0. The van der Waals surface area contributed by atoms with Gasteiger partial charge in [-0.1, -0.05) is 0 Å². The lowest BCUT2D eigenvalue weighted by Crippen LogP contribution is -2.49. The Hall–Kier alpha value is -0.150. The Balaban J connectivity index is 2.20. The lowest BCUT2D eigenvalue weighted by atomic mass is 10.2. The standard InChI is InChI=1S/C3H7FN2/c4-3-1-2-6(3)5/h3H,1-2,5H2. The fourth-order valence-electron chi connectivity index (χ4n) is 0.376. The van der Waals surface area contributed by atoms with E-state index in [9.17, 15) is 4.39 Å². The van der Waals surface area contributed by atoms with Gasteiger partial charge in [0.25, 0.3) is 0 Å². The Kier molecular flexibility index (Phi) is 0.782. The summed E-state index contributed by atoms with van der Waals surface area (Å²) >= 11 is 0. The molecule has 0 saturated carbocycles. The van der Waals surface area contributed by atoms with E-state index in [-0.39, 0.29) is 0 Å². The molecule has 0 aromatic heterocycles. The van der Waals surface area contributed by atoms with Crippen LogP contribution in [0.15, 0.2) is 0 Å². The van der Waals surface area contributed by atoms with Gasteiger partial charge in [0, 0.05) is 13.0 Å². The van der Waals surface area contributed by atoms with Crippen LogP contribution in [0.5, 0.6) is 0 Å². The summed E-state index contributed by atoms with van der Waals surface area (Å²) in [5, 5.41) is 1.18. The molecule has 1 fully saturated rings. The minimum Gasteiger partial charge on any atom is -0.266 e. The van der Waals surface area contributed by atoms with Crippen molar-refractivity contribution in [2.24, 2.45) is 5.84 Å². The molecule has 1 heterocycles. The van der Waals surface area contributed by atoms with Crippen molar-refractivity contribution in [3.8, 4) is 0 Å². The van der Waals surface area contributed by atoms with Crippen LogP contribution in [0.3, 0.4) is 0 Å². The van der Waals surface area contributed by atoms with Crippen LogP contribution in [-0.2, 0) is 0 Å². The molecule has 0 aromatic carbocycles. The molecule has 6 heavy (non-hydrogen) atoms. The van der Waals surface area contributed by atoms with Crippen molar-refractivity contribution < 1.29 is 4.39 Å². The zero-order chi connectivity index (χ0) is 4.57. The highest BCUT2D eigenvalue weighted by Crippen LogP contribution is 2.11. The summed E-state index contributed by atoms with van der Waals surface area (Å²) < 4.78 is 11.7. The highest BCUT2D eigenvalue weighted by Gasteiger charge is 2.22. The quantitative estimate of drug-likeness (QED) is 0.331. The lowest BCUT2D eigenvalue weighted by molar-refractivity contribution is -0.00939. The van der Waals surface area contributed by atoms with Crippen molar-refractivity contribution in [1.82, 2.24) is 5.01 Å². The SMILES string of the molecule is NN1CCC1F. The Morgan fingerprint density at radius 2 is 2.33 bits per heavy atom. The molecule has 1 rings (SSSR count). The second-order valence-electron chi connectivity index (χ2n) is 1.46. The van der Waals surface area contributed by atoms with Crippen LogP contribution < -0.4 is 5.84 Å². The van der Waals surface area contributed by atoms with E-state index in [1.54, 1.807) is 0 Å². The molecule has 0 spiro atoms. The minimum absolute atomic E-state index is 0.608. The maximum atomic E-state index is 11.7. The van der Waals surface area contributed by atoms with Crippen molar-refractivity contribution >= 4 is 0 Å². The van der Waals surface area contributed by atoms with E-state index in [0.29, 0.717) is 13.0 Å². The highest BCUT2D eigenvalue weighted by molar-refractivity contribution is 4.66. The number of hydrazine groups is 1. The summed E-state index contributed by atoms with van der Waals surface area (Å²) in [6.45, 7) is 0.709. The van der Waals surface area contributed by atoms with Gasteiger partial charge in [0.2, 0.25) is 0 Å². The molecular formula is C3H7FN2. The number of hydrogen-bond acceptors (Lipinski definition) is 2. The number of halogens is 1. The van der Waals surface area contributed by atoms with E-state index in [0.717, 1.165) is 0 Å². The van der Waals surface area contributed by atoms with Crippen molar-refractivity contribution in [3.63, 3.8) is 0 Å². The Morgan fingerprint density at radius 1 is 1.83 bits per heavy atom. The van der Waals surface area contributed by atoms with Crippen molar-refractivity contribution in [3.05, 3.63) is 0 Å². The predicted molar refractivity (Wildman–Crippen MR) is 20.4 cm³/mol. The van der Waals surface area contributed by atoms with Gasteiger partial charge in [0.15, 0.2) is 6.30 Å². The molecule has 36 valence electrons. The largest absolute Gasteiger partial charge is 0.266 e. The first-order valence-electron chi connectivity index (χ1n) is 1.96. The molecule has 1 saturated heterocycles. The zero-order valence-corrected chi connectivity index (χ0v) is 3.39. The second kappa shape index (κ2) is 1.17. The molecule has 0 radical (unpaired) electrons. The number of hydrogen-bond donors (Lipinski definition) is 1. The summed E-state index contributed by atoms with van der Waals surface area (Å²) in [7, 11) is 0. The molecule has 1 unspecified atom stereocenters. The normalized spacial score (nSPS) is 36.0. The topological polar surface area (TPSA) is 29.3 Å². The third-order valence-corrected chi connectivity index (χ3v) is 0.985. The number of rotatable bonds is 0. The monoisotopic (exact) mass is 90.1 g/mol. The molecular weight excluding hydrogens is 83.0 g/mol. The molecule has 1 atom stereocenters. The van der Waals surface area contributed by atoms with Crippen LogP contribution in [0, 0.1) is 0 Å². The minimum atomic E-state index is -0.856. The average molecular weight is 90.1 g/mol. The molecule has 1 aliphatic rings. The molecule has 2 nitrogen and oxygen atoms in total. The van der Waals surface area contributed by atoms with Crippen LogP contribution >= 0.6 is 0 Å². The molecule has 0 amide bonds. The third kappa shape index (κ3) is 0.399. The molecule has 0 aromatic rings. The fourth-order valence-corrected chi connectivity index (χ4v) is 0.376. The number of nitrogens with zero attached hydrogens (tertiary/aromatic N) is 1. The van der Waals surface area contributed by atoms with E-state index >= 15 is 0 Å². The Morgan fingerprint density at radius 3 is 2.33 bits per heavy atom. The van der Waals surface area contributed by atoms with Gasteiger partial charge in [-0.3, -0.25) is 5.84 Å². The predicted octanol–water partition coefficient (Wildman–Crippen LogP) is -0.139. The van der Waals surface area contributed by atoms with Gasteiger partial charge in [-0.15, -0.1) is 0 Å². The van der Waals surface area contributed by atoms with Gasteiger partial charge in [0.1, 0.15) is 0 Å². The first-order valence-corrected chi connectivity index (χ1v) is 1.96. The first-order chi connectivity index (χ1) is 2.80. The van der Waals surface area contributed by atoms with E-state index in [1.165, 1.54) is 5.01 Å². The van der Waals surface area contributed by atoms with Gasteiger partial charge in [-0.25, -0.2) is 9.40 Å². The van der Waals surface area contributed by atoms with E-state index < -0.39 is 6.30 Å². The second-order valence-corrected chi connectivity index (χ2v) is 1.46. The summed E-state index contributed by atoms with van der Waals surface area (Å²) in [6.07, 6.45) is -0.249. The van der Waals surface area contributed by atoms with E-state index in [4.69, 9.17) is 5.84 Å². The number of alkyl halides is 1. The number of nitrogens with two attached hydrogens (primary N) is 1. The smallest absolute Gasteiger partial charge is 0.166 e. The molecule has 1 aliphatic heterocycles.